The van der Waals surface area contributed by atoms with Gasteiger partial charge in [0.2, 0.25) is 5.91 Å². The average Bonchev–Trinajstić information content (AvgIpc) is 2.72. The van der Waals surface area contributed by atoms with Crippen molar-refractivity contribution in [2.75, 3.05) is 13.1 Å². The molecule has 164 valence electrons. The van der Waals surface area contributed by atoms with E-state index in [4.69, 9.17) is 11.6 Å². The molecule has 1 aliphatic heterocycles. The minimum atomic E-state index is -4.33. The van der Waals surface area contributed by atoms with Gasteiger partial charge in [0.1, 0.15) is 0 Å². The summed E-state index contributed by atoms with van der Waals surface area (Å²) in [6.07, 6.45) is 4.20. The highest BCUT2D eigenvalue weighted by atomic mass is 35.5. The van der Waals surface area contributed by atoms with Crippen molar-refractivity contribution in [1.82, 2.24) is 4.90 Å². The minimum Gasteiger partial charge on any atom is -0.341 e. The van der Waals surface area contributed by atoms with E-state index in [1.54, 1.807) is 0 Å². The molecule has 0 bridgehead atoms. The second-order valence-electron chi connectivity index (χ2n) is 8.57. The number of piperidine rings is 1. The Kier molecular flexibility index (Phi) is 6.16. The number of benzene rings is 2. The van der Waals surface area contributed by atoms with Crippen molar-refractivity contribution in [3.63, 3.8) is 0 Å². The molecule has 0 N–H and O–H groups in total. The van der Waals surface area contributed by atoms with Crippen molar-refractivity contribution in [3.8, 4) is 0 Å². The van der Waals surface area contributed by atoms with Crippen molar-refractivity contribution < 1.29 is 18.0 Å². The summed E-state index contributed by atoms with van der Waals surface area (Å²) in [5, 5.41) is 0.664. The number of alkyl halides is 3. The van der Waals surface area contributed by atoms with Gasteiger partial charge in [0, 0.05) is 18.1 Å². The Morgan fingerprint density at radius 3 is 2.29 bits per heavy atom. The summed E-state index contributed by atoms with van der Waals surface area (Å²) in [6, 6.07) is 12.8. The average molecular weight is 448 g/mol. The van der Waals surface area contributed by atoms with Gasteiger partial charge in [0.25, 0.3) is 0 Å². The maximum atomic E-state index is 13.5. The van der Waals surface area contributed by atoms with Crippen LogP contribution < -0.4 is 0 Å². The van der Waals surface area contributed by atoms with Crippen LogP contribution in [0.25, 0.3) is 6.08 Å². The van der Waals surface area contributed by atoms with Crippen LogP contribution in [0, 0.1) is 5.92 Å². The third kappa shape index (κ3) is 4.67. The molecule has 2 fully saturated rings. The summed E-state index contributed by atoms with van der Waals surface area (Å²) in [5.74, 6) is 0.385. The lowest BCUT2D eigenvalue weighted by Crippen LogP contribution is -2.53. The van der Waals surface area contributed by atoms with E-state index in [1.165, 1.54) is 12.1 Å². The van der Waals surface area contributed by atoms with Gasteiger partial charge in [-0.15, -0.1) is 0 Å². The lowest BCUT2D eigenvalue weighted by Gasteiger charge is -2.45. The summed E-state index contributed by atoms with van der Waals surface area (Å²) >= 11 is 6.03. The molecule has 1 saturated carbocycles. The first-order valence-corrected chi connectivity index (χ1v) is 11.1. The predicted molar refractivity (Wildman–Crippen MR) is 117 cm³/mol. The fourth-order valence-corrected chi connectivity index (χ4v) is 4.74. The third-order valence-corrected chi connectivity index (χ3v) is 6.81. The predicted octanol–water partition coefficient (Wildman–Crippen LogP) is 6.73. The summed E-state index contributed by atoms with van der Waals surface area (Å²) in [5.41, 5.74) is 0.680. The molecule has 1 saturated heterocycles. The molecular weight excluding hydrogens is 423 g/mol. The zero-order valence-electron chi connectivity index (χ0n) is 17.2. The lowest BCUT2D eigenvalue weighted by molar-refractivity contribution is -0.142. The van der Waals surface area contributed by atoms with E-state index in [0.29, 0.717) is 11.6 Å². The SMILES string of the molecule is O=C(N1CCCC(/C=C/c2ccc(C(F)(F)F)cc2)C1)C1(c2ccc(Cl)cc2)CCC1. The maximum Gasteiger partial charge on any atom is 0.416 e. The Labute approximate surface area is 185 Å². The molecular formula is C25H25ClF3NO. The molecule has 31 heavy (non-hydrogen) atoms. The van der Waals surface area contributed by atoms with Gasteiger partial charge in [-0.25, -0.2) is 0 Å². The molecule has 1 unspecified atom stereocenters. The number of halogens is 4. The molecule has 0 spiro atoms. The number of amides is 1. The van der Waals surface area contributed by atoms with Crippen molar-refractivity contribution in [2.45, 2.75) is 43.7 Å². The van der Waals surface area contributed by atoms with Crippen molar-refractivity contribution in [3.05, 3.63) is 76.3 Å². The monoisotopic (exact) mass is 447 g/mol. The Bertz CT molecular complexity index is 946. The van der Waals surface area contributed by atoms with E-state index >= 15 is 0 Å². The van der Waals surface area contributed by atoms with E-state index in [0.717, 1.165) is 61.9 Å². The van der Waals surface area contributed by atoms with Crippen LogP contribution in [0.5, 0.6) is 0 Å². The normalized spacial score (nSPS) is 21.2. The fraction of sp³-hybridized carbons (Fsp3) is 0.400. The van der Waals surface area contributed by atoms with E-state index in [1.807, 2.05) is 41.3 Å². The van der Waals surface area contributed by atoms with E-state index < -0.39 is 17.2 Å². The smallest absolute Gasteiger partial charge is 0.341 e. The summed E-state index contributed by atoms with van der Waals surface area (Å²) in [7, 11) is 0. The molecule has 2 aromatic carbocycles. The van der Waals surface area contributed by atoms with Crippen molar-refractivity contribution in [2.24, 2.45) is 5.92 Å². The zero-order chi connectivity index (χ0) is 22.1. The van der Waals surface area contributed by atoms with Crippen LogP contribution in [0.2, 0.25) is 5.02 Å². The van der Waals surface area contributed by atoms with Gasteiger partial charge in [-0.1, -0.05) is 54.4 Å². The van der Waals surface area contributed by atoms with Crippen molar-refractivity contribution >= 4 is 23.6 Å². The lowest BCUT2D eigenvalue weighted by atomic mass is 9.63. The van der Waals surface area contributed by atoms with E-state index in [2.05, 4.69) is 0 Å². The number of hydrogen-bond donors (Lipinski definition) is 0. The molecule has 1 heterocycles. The minimum absolute atomic E-state index is 0.189. The number of carbonyl (C=O) groups excluding carboxylic acids is 1. The molecule has 1 aliphatic carbocycles. The highest BCUT2D eigenvalue weighted by Gasteiger charge is 2.48. The van der Waals surface area contributed by atoms with E-state index in [-0.39, 0.29) is 11.8 Å². The summed E-state index contributed by atoms with van der Waals surface area (Å²) in [4.78, 5) is 15.5. The van der Waals surface area contributed by atoms with Gasteiger partial charge in [0.15, 0.2) is 0 Å². The van der Waals surface area contributed by atoms with Crippen LogP contribution in [0.3, 0.4) is 0 Å². The molecule has 2 aromatic rings. The molecule has 1 atom stereocenters. The van der Waals surface area contributed by atoms with Gasteiger partial charge in [0.05, 0.1) is 11.0 Å². The molecule has 0 aromatic heterocycles. The molecule has 0 radical (unpaired) electrons. The molecule has 2 nitrogen and oxygen atoms in total. The molecule has 2 aliphatic rings. The van der Waals surface area contributed by atoms with Crippen molar-refractivity contribution in [1.29, 1.82) is 0 Å². The van der Waals surface area contributed by atoms with Crippen LogP contribution in [0.1, 0.15) is 48.8 Å². The quantitative estimate of drug-likeness (QED) is 0.508. The van der Waals surface area contributed by atoms with Crippen LogP contribution >= 0.6 is 11.6 Å². The van der Waals surface area contributed by atoms with E-state index in [9.17, 15) is 18.0 Å². The largest absolute Gasteiger partial charge is 0.416 e. The molecule has 1 amide bonds. The highest BCUT2D eigenvalue weighted by Crippen LogP contribution is 2.46. The third-order valence-electron chi connectivity index (χ3n) is 6.56. The van der Waals surface area contributed by atoms with Crippen LogP contribution in [-0.4, -0.2) is 23.9 Å². The topological polar surface area (TPSA) is 20.3 Å². The first kappa shape index (κ1) is 21.9. The van der Waals surface area contributed by atoms with Gasteiger partial charge in [-0.2, -0.15) is 13.2 Å². The number of hydrogen-bond acceptors (Lipinski definition) is 1. The number of likely N-dealkylation sites (tertiary alicyclic amines) is 1. The molecule has 4 rings (SSSR count). The second-order valence-corrected chi connectivity index (χ2v) is 9.01. The first-order chi connectivity index (χ1) is 14.8. The first-order valence-electron chi connectivity index (χ1n) is 10.7. The van der Waals surface area contributed by atoms with Gasteiger partial charge in [-0.05, 0) is 67.0 Å². The van der Waals surface area contributed by atoms with Gasteiger partial charge < -0.3 is 4.90 Å². The number of nitrogens with zero attached hydrogens (tertiary/aromatic N) is 1. The van der Waals surface area contributed by atoms with Gasteiger partial charge in [-0.3, -0.25) is 4.79 Å². The van der Waals surface area contributed by atoms with Crippen LogP contribution in [-0.2, 0) is 16.4 Å². The zero-order valence-corrected chi connectivity index (χ0v) is 17.9. The fourth-order valence-electron chi connectivity index (χ4n) is 4.61. The standard InChI is InChI=1S/C25H25ClF3NO/c26-22-12-10-20(11-13-22)24(14-2-15-24)23(31)30-16-1-3-19(17-30)5-4-18-6-8-21(9-7-18)25(27,28)29/h4-13,19H,1-3,14-17H2/b5-4+. The summed E-state index contributed by atoms with van der Waals surface area (Å²) < 4.78 is 38.2. The maximum absolute atomic E-state index is 13.5. The van der Waals surface area contributed by atoms with Crippen LogP contribution in [0.4, 0.5) is 13.2 Å². The summed E-state index contributed by atoms with van der Waals surface area (Å²) in [6.45, 7) is 1.39. The Morgan fingerprint density at radius 2 is 1.71 bits per heavy atom. The van der Waals surface area contributed by atoms with Gasteiger partial charge >= 0.3 is 6.18 Å². The Balaban J connectivity index is 1.44. The number of carbonyl (C=O) groups is 1. The molecule has 6 heteroatoms. The second kappa shape index (κ2) is 8.70. The highest BCUT2D eigenvalue weighted by molar-refractivity contribution is 6.30. The number of rotatable bonds is 4. The Hall–Kier alpha value is -2.27. The van der Waals surface area contributed by atoms with Crippen LogP contribution in [0.15, 0.2) is 54.6 Å². The Morgan fingerprint density at radius 1 is 1.03 bits per heavy atom.